The summed E-state index contributed by atoms with van der Waals surface area (Å²) < 4.78 is 153. The molecule has 34 heteroatoms. The number of aromatic nitrogens is 12. The van der Waals surface area contributed by atoms with Gasteiger partial charge >= 0.3 is 18.5 Å². The number of nitrogens with one attached hydrogen (secondary N) is 3. The van der Waals surface area contributed by atoms with E-state index in [4.69, 9.17) is 9.26 Å². The molecule has 11 rings (SSSR count). The second-order valence-corrected chi connectivity index (χ2v) is 22.3. The molecule has 0 bridgehead atoms. The molecule has 23 nitrogen and oxygen atoms in total. The summed E-state index contributed by atoms with van der Waals surface area (Å²) in [5, 5.41) is 20.8. The molecule has 0 unspecified atom stereocenters. The number of benzene rings is 2. The first kappa shape index (κ1) is 69.3. The Bertz CT molecular complexity index is 3920. The number of pyridine rings is 1. The molecule has 95 heavy (non-hydrogen) atoms. The van der Waals surface area contributed by atoms with Gasteiger partial charge in [0.15, 0.2) is 17.3 Å². The van der Waals surface area contributed by atoms with Crippen LogP contribution in [0.2, 0.25) is 0 Å². The van der Waals surface area contributed by atoms with Crippen molar-refractivity contribution in [1.82, 2.24) is 74.7 Å². The topological polar surface area (TPSA) is 266 Å². The van der Waals surface area contributed by atoms with Crippen LogP contribution in [-0.4, -0.2) is 155 Å². The Hall–Kier alpha value is -10.0. The summed E-state index contributed by atoms with van der Waals surface area (Å²) in [7, 11) is 0. The Morgan fingerprint density at radius 3 is 1.38 bits per heavy atom. The maximum Gasteiger partial charge on any atom is 0.419 e. The fraction of sp³-hybridized carbons (Fsp3) is 0.410. The third-order valence-corrected chi connectivity index (χ3v) is 15.9. The SMILES string of the molecule is CCOc1ccc(C)nc1C(=O)N1CCC[C@@H](Nc2ncc(C(F)(F)F)cn2)[C@@H]1C.C[C@H]1[C@H](Nc2ncc(C(F)(F)F)cn2)CCCN1C(=O)c1ccc(F)cc1-n1nccn1.Cc1noc(-c2cc(F)ccc2C(=O)N2CCC[C@@H](Nc3ncc(C(F)(F)F)cn3)[C@@H]2C)n1. The third-order valence-electron chi connectivity index (χ3n) is 15.9. The molecule has 6 aromatic heterocycles. The van der Waals surface area contributed by atoms with Crippen molar-refractivity contribution in [3.8, 4) is 22.9 Å². The molecule has 0 radical (unpaired) electrons. The monoisotopic (exact) mass is 1340 g/mol. The lowest BCUT2D eigenvalue weighted by Gasteiger charge is -2.40. The van der Waals surface area contributed by atoms with Crippen molar-refractivity contribution >= 4 is 35.6 Å². The fourth-order valence-electron chi connectivity index (χ4n) is 10.9. The number of hydrogen-bond acceptors (Lipinski definition) is 19. The second kappa shape index (κ2) is 29.5. The van der Waals surface area contributed by atoms with E-state index in [1.807, 2.05) is 27.7 Å². The lowest BCUT2D eigenvalue weighted by atomic mass is 9.95. The van der Waals surface area contributed by atoms with Gasteiger partial charge in [0.2, 0.25) is 17.8 Å². The molecule has 8 aromatic rings. The Labute approximate surface area is 535 Å². The molecule has 3 fully saturated rings. The zero-order valence-corrected chi connectivity index (χ0v) is 51.7. The molecule has 0 spiro atoms. The number of rotatable bonds is 13. The van der Waals surface area contributed by atoms with Gasteiger partial charge in [-0.25, -0.2) is 43.7 Å². The first-order chi connectivity index (χ1) is 45.1. The van der Waals surface area contributed by atoms with Crippen molar-refractivity contribution in [3.63, 3.8) is 0 Å². The van der Waals surface area contributed by atoms with E-state index in [2.05, 4.69) is 71.2 Å². The number of anilines is 3. The number of likely N-dealkylation sites (tertiary alicyclic amines) is 3. The Morgan fingerprint density at radius 2 is 0.968 bits per heavy atom. The smallest absolute Gasteiger partial charge is 0.419 e. The van der Waals surface area contributed by atoms with Crippen LogP contribution in [0.4, 0.5) is 66.1 Å². The number of alkyl halides is 9. The minimum atomic E-state index is -4.52. The van der Waals surface area contributed by atoms with Gasteiger partial charge in [-0.05, 0) is 123 Å². The number of ether oxygens (including phenoxy) is 1. The van der Waals surface area contributed by atoms with Gasteiger partial charge in [0.25, 0.3) is 23.6 Å². The van der Waals surface area contributed by atoms with Crippen molar-refractivity contribution in [2.24, 2.45) is 0 Å². The van der Waals surface area contributed by atoms with Crippen molar-refractivity contribution in [3.05, 3.63) is 155 Å². The van der Waals surface area contributed by atoms with Crippen LogP contribution in [0.3, 0.4) is 0 Å². The summed E-state index contributed by atoms with van der Waals surface area (Å²) in [6.07, 6.45) is -2.24. The number of halogens is 11. The number of hydrogen-bond donors (Lipinski definition) is 3. The molecule has 3 N–H and O–H groups in total. The van der Waals surface area contributed by atoms with Gasteiger partial charge in [-0.2, -0.15) is 59.5 Å². The number of nitrogens with zero attached hydrogens (tertiary/aromatic N) is 15. The summed E-state index contributed by atoms with van der Waals surface area (Å²) in [5.74, 6) is -1.01. The predicted molar refractivity (Wildman–Crippen MR) is 318 cm³/mol. The maximum atomic E-state index is 13.9. The maximum absolute atomic E-state index is 13.9. The quantitative estimate of drug-likeness (QED) is 0.0906. The molecule has 504 valence electrons. The average Bonchev–Trinajstić information content (AvgIpc) is 1.70. The summed E-state index contributed by atoms with van der Waals surface area (Å²) in [6.45, 7) is 12.7. The molecular weight excluding hydrogens is 1270 g/mol. The highest BCUT2D eigenvalue weighted by atomic mass is 19.4. The van der Waals surface area contributed by atoms with E-state index in [0.717, 1.165) is 25.2 Å². The molecule has 0 aliphatic carbocycles. The molecule has 0 saturated carbocycles. The Balaban J connectivity index is 0.000000168. The van der Waals surface area contributed by atoms with E-state index in [0.29, 0.717) is 94.0 Å². The molecule has 3 aliphatic rings. The van der Waals surface area contributed by atoms with E-state index in [1.54, 1.807) is 40.7 Å². The number of piperidine rings is 3. The van der Waals surface area contributed by atoms with Crippen LogP contribution in [0, 0.1) is 25.5 Å². The summed E-state index contributed by atoms with van der Waals surface area (Å²) in [5.41, 5.74) is -0.972. The highest BCUT2D eigenvalue weighted by Crippen LogP contribution is 2.34. The van der Waals surface area contributed by atoms with Crippen molar-refractivity contribution in [1.29, 1.82) is 0 Å². The van der Waals surface area contributed by atoms with Crippen LogP contribution in [-0.2, 0) is 18.5 Å². The van der Waals surface area contributed by atoms with Crippen molar-refractivity contribution in [2.45, 2.75) is 135 Å². The second-order valence-electron chi connectivity index (χ2n) is 22.3. The summed E-state index contributed by atoms with van der Waals surface area (Å²) in [4.78, 5) is 77.1. The summed E-state index contributed by atoms with van der Waals surface area (Å²) in [6, 6.07) is 9.31. The fourth-order valence-corrected chi connectivity index (χ4v) is 10.9. The van der Waals surface area contributed by atoms with Crippen molar-refractivity contribution in [2.75, 3.05) is 42.2 Å². The van der Waals surface area contributed by atoms with E-state index in [-0.39, 0.29) is 106 Å². The molecular formula is C61H63F11N18O5. The zero-order valence-electron chi connectivity index (χ0n) is 51.7. The zero-order chi connectivity index (χ0) is 68.5. The summed E-state index contributed by atoms with van der Waals surface area (Å²) >= 11 is 0. The van der Waals surface area contributed by atoms with Gasteiger partial charge in [-0.3, -0.25) is 14.4 Å². The highest BCUT2D eigenvalue weighted by Gasteiger charge is 2.39. The Morgan fingerprint density at radius 1 is 0.558 bits per heavy atom. The standard InChI is InChI=1S/C21H20F4N6O2.C20H19F4N7O.C20H24F3N5O2/c1-11-17(29-20-26-9-13(10-27-20)21(23,24)25)4-3-7-31(11)19(32)15-6-5-14(22)8-16(15)18-28-12(2)30-33-18;1-12-16(29-19-25-10-13(11-26-19)20(22,23)24)3-2-8-30(12)18(32)15-5-4-14(21)9-17(15)31-27-6-7-28-31;1-4-30-16-8-7-12(2)26-17(16)18(29)28-9-5-6-15(13(28)3)27-19-24-10-14(11-25-19)20(21,22)23/h5-6,8-11,17H,3-4,7H2,1-2H3,(H,26,27,29);4-7,9-12,16H,2-3,8H2,1H3,(H,25,26,29);7-8,10-11,13,15H,4-6,9H2,1-3H3,(H,24,25,27)/t11-,17+;12-,16+;13-,15+/m000/s1. The van der Waals surface area contributed by atoms with Crippen LogP contribution in [0.15, 0.2) is 103 Å². The third kappa shape index (κ3) is 17.0. The van der Waals surface area contributed by atoms with E-state index in [9.17, 15) is 62.7 Å². The largest absolute Gasteiger partial charge is 0.491 e. The number of aryl methyl sites for hydroxylation is 2. The number of amides is 3. The molecule has 3 saturated heterocycles. The first-order valence-electron chi connectivity index (χ1n) is 29.8. The average molecular weight is 1340 g/mol. The van der Waals surface area contributed by atoms with Crippen LogP contribution >= 0.6 is 0 Å². The van der Waals surface area contributed by atoms with Crippen molar-refractivity contribution < 1.29 is 71.9 Å². The van der Waals surface area contributed by atoms with Gasteiger partial charge in [0.05, 0.1) is 52.4 Å². The molecule has 2 aromatic carbocycles. The predicted octanol–water partition coefficient (Wildman–Crippen LogP) is 11.1. The van der Waals surface area contributed by atoms with E-state index in [1.165, 1.54) is 53.6 Å². The van der Waals surface area contributed by atoms with Crippen LogP contribution in [0.5, 0.6) is 5.75 Å². The minimum Gasteiger partial charge on any atom is -0.491 e. The van der Waals surface area contributed by atoms with Crippen LogP contribution in [0.25, 0.3) is 17.1 Å². The van der Waals surface area contributed by atoms with Crippen LogP contribution < -0.4 is 20.7 Å². The van der Waals surface area contributed by atoms with Gasteiger partial charge in [0.1, 0.15) is 17.3 Å². The van der Waals surface area contributed by atoms with E-state index >= 15 is 0 Å². The van der Waals surface area contributed by atoms with Gasteiger partial charge in [0, 0.05) is 105 Å². The first-order valence-corrected chi connectivity index (χ1v) is 29.8. The van der Waals surface area contributed by atoms with Gasteiger partial charge in [-0.15, -0.1) is 0 Å². The van der Waals surface area contributed by atoms with E-state index < -0.39 is 46.9 Å². The molecule has 9 heterocycles. The minimum absolute atomic E-state index is 0.0350. The van der Waals surface area contributed by atoms with Crippen LogP contribution in [0.1, 0.15) is 126 Å². The molecule has 3 aliphatic heterocycles. The lowest BCUT2D eigenvalue weighted by Crippen LogP contribution is -2.52. The highest BCUT2D eigenvalue weighted by molar-refractivity contribution is 6.00. The molecule has 3 amide bonds. The Kier molecular flexibility index (Phi) is 21.5. The lowest BCUT2D eigenvalue weighted by molar-refractivity contribution is -0.138. The molecule has 6 atom stereocenters. The van der Waals surface area contributed by atoms with Gasteiger partial charge in [-0.1, -0.05) is 5.16 Å². The number of carbonyl (C=O) groups excluding carboxylic acids is 3. The van der Waals surface area contributed by atoms with Gasteiger partial charge < -0.3 is 39.9 Å². The number of carbonyl (C=O) groups is 3. The normalized spacial score (nSPS) is 19.1.